The molecule has 0 aliphatic heterocycles. The summed E-state index contributed by atoms with van der Waals surface area (Å²) >= 11 is 0.0804. The first kappa shape index (κ1) is 10.2. The number of hydrogen-bond acceptors (Lipinski definition) is 3. The molecule has 0 fully saturated rings. The average molecular weight is 223 g/mol. The van der Waals surface area contributed by atoms with Crippen LogP contribution >= 0.6 is 12.3 Å². The van der Waals surface area contributed by atoms with Crippen LogP contribution in [0.3, 0.4) is 0 Å². The third kappa shape index (κ3) is 2.02. The molecule has 0 atom stereocenters. The molecule has 78 valence electrons. The molecule has 0 aliphatic carbocycles. The molecule has 2 aromatic rings. The summed E-state index contributed by atoms with van der Waals surface area (Å²) in [6.07, 6.45) is 1.64. The van der Waals surface area contributed by atoms with Crippen molar-refractivity contribution in [3.63, 3.8) is 0 Å². The summed E-state index contributed by atoms with van der Waals surface area (Å²) in [6.45, 7) is 3.80. The molecule has 0 unspecified atom stereocenters. The van der Waals surface area contributed by atoms with Gasteiger partial charge in [0.25, 0.3) is 0 Å². The molecule has 0 spiro atoms. The van der Waals surface area contributed by atoms with Gasteiger partial charge in [0.2, 0.25) is 0 Å². The molecular weight excluding hydrogens is 213 g/mol. The summed E-state index contributed by atoms with van der Waals surface area (Å²) in [7, 11) is 0. The van der Waals surface area contributed by atoms with E-state index in [1.807, 2.05) is 32.0 Å². The summed E-state index contributed by atoms with van der Waals surface area (Å²) < 4.78 is 13.5. The van der Waals surface area contributed by atoms with Gasteiger partial charge in [0.1, 0.15) is 5.69 Å². The Balaban J connectivity index is 2.48. The maximum absolute atomic E-state index is 12.3. The Morgan fingerprint density at radius 2 is 2.13 bits per heavy atom. The number of hydrogen-bond donors (Lipinski definition) is 0. The summed E-state index contributed by atoms with van der Waals surface area (Å²) in [5.41, 5.74) is 3.34. The van der Waals surface area contributed by atoms with Crippen LogP contribution in [0.2, 0.25) is 0 Å². The van der Waals surface area contributed by atoms with Crippen molar-refractivity contribution in [2.45, 2.75) is 13.8 Å². The zero-order valence-electron chi connectivity index (χ0n) is 8.44. The number of aromatic nitrogens is 3. The lowest BCUT2D eigenvalue weighted by Crippen LogP contribution is -1.89. The summed E-state index contributed by atoms with van der Waals surface area (Å²) in [6, 6.07) is 5.70. The summed E-state index contributed by atoms with van der Waals surface area (Å²) in [5.74, 6) is 0. The van der Waals surface area contributed by atoms with Crippen molar-refractivity contribution in [1.82, 2.24) is 14.2 Å². The fourth-order valence-electron chi connectivity index (χ4n) is 1.40. The highest BCUT2D eigenvalue weighted by molar-refractivity contribution is 7.92. The van der Waals surface area contributed by atoms with E-state index in [4.69, 9.17) is 0 Å². The van der Waals surface area contributed by atoms with Crippen molar-refractivity contribution >= 4 is 12.3 Å². The van der Waals surface area contributed by atoms with Gasteiger partial charge in [-0.15, -0.1) is 3.89 Å². The maximum Gasteiger partial charge on any atom is 0.187 e. The van der Waals surface area contributed by atoms with Gasteiger partial charge in [0.15, 0.2) is 12.3 Å². The van der Waals surface area contributed by atoms with Crippen molar-refractivity contribution in [2.24, 2.45) is 0 Å². The second-order valence-corrected chi connectivity index (χ2v) is 3.81. The third-order valence-corrected chi connectivity index (χ3v) is 2.41. The number of pyridine rings is 1. The van der Waals surface area contributed by atoms with E-state index in [-0.39, 0.29) is 12.3 Å². The molecule has 0 radical (unpaired) electrons. The molecule has 5 heteroatoms. The van der Waals surface area contributed by atoms with E-state index in [1.54, 1.807) is 6.20 Å². The fourth-order valence-corrected chi connectivity index (χ4v) is 1.71. The van der Waals surface area contributed by atoms with Gasteiger partial charge in [-0.25, -0.2) is 0 Å². The van der Waals surface area contributed by atoms with E-state index in [9.17, 15) is 3.89 Å². The SMILES string of the molecule is Cc1cccc(-c2nn(SF)cc2C)n1. The smallest absolute Gasteiger partial charge is 0.187 e. The fraction of sp³-hybridized carbons (Fsp3) is 0.200. The Kier molecular flexibility index (Phi) is 2.73. The van der Waals surface area contributed by atoms with Crippen LogP contribution in [-0.4, -0.2) is 14.2 Å². The van der Waals surface area contributed by atoms with Crippen LogP contribution in [0.15, 0.2) is 24.4 Å². The first-order chi connectivity index (χ1) is 7.20. The van der Waals surface area contributed by atoms with E-state index >= 15 is 0 Å². The number of nitrogens with zero attached hydrogens (tertiary/aromatic N) is 3. The van der Waals surface area contributed by atoms with Gasteiger partial charge in [0.05, 0.1) is 5.69 Å². The van der Waals surface area contributed by atoms with Crippen LogP contribution in [0.25, 0.3) is 11.4 Å². The largest absolute Gasteiger partial charge is 0.251 e. The highest BCUT2D eigenvalue weighted by Gasteiger charge is 2.09. The Bertz CT molecular complexity index is 481. The molecule has 0 saturated carbocycles. The van der Waals surface area contributed by atoms with Crippen molar-refractivity contribution in [2.75, 3.05) is 0 Å². The molecule has 2 aromatic heterocycles. The molecule has 2 rings (SSSR count). The number of aryl methyl sites for hydroxylation is 2. The zero-order chi connectivity index (χ0) is 10.8. The van der Waals surface area contributed by atoms with Crippen LogP contribution in [0, 0.1) is 13.8 Å². The minimum atomic E-state index is 0.0804. The van der Waals surface area contributed by atoms with Crippen LogP contribution < -0.4 is 0 Å². The molecule has 0 N–H and O–H groups in total. The van der Waals surface area contributed by atoms with Gasteiger partial charge in [-0.05, 0) is 31.5 Å². The van der Waals surface area contributed by atoms with E-state index in [0.717, 1.165) is 22.6 Å². The van der Waals surface area contributed by atoms with Crippen molar-refractivity contribution in [3.05, 3.63) is 35.7 Å². The first-order valence-corrected chi connectivity index (χ1v) is 5.17. The zero-order valence-corrected chi connectivity index (χ0v) is 9.25. The summed E-state index contributed by atoms with van der Waals surface area (Å²) in [5, 5.41) is 4.08. The molecule has 0 bridgehead atoms. The number of rotatable bonds is 2. The van der Waals surface area contributed by atoms with Crippen LogP contribution in [0.4, 0.5) is 3.89 Å². The lowest BCUT2D eigenvalue weighted by Gasteiger charge is -1.98. The first-order valence-electron chi connectivity index (χ1n) is 4.50. The van der Waals surface area contributed by atoms with E-state index < -0.39 is 0 Å². The van der Waals surface area contributed by atoms with Crippen molar-refractivity contribution < 1.29 is 3.89 Å². The maximum atomic E-state index is 12.3. The molecule has 3 nitrogen and oxygen atoms in total. The van der Waals surface area contributed by atoms with E-state index in [2.05, 4.69) is 10.1 Å². The van der Waals surface area contributed by atoms with Gasteiger partial charge in [-0.1, -0.05) is 6.07 Å². The molecule has 0 aliphatic rings. The molecule has 2 heterocycles. The third-order valence-electron chi connectivity index (χ3n) is 2.08. The Hall–Kier alpha value is -1.36. The molecule has 0 saturated heterocycles. The molecular formula is C10H10FN3S. The van der Waals surface area contributed by atoms with Crippen molar-refractivity contribution in [1.29, 1.82) is 0 Å². The van der Waals surface area contributed by atoms with Crippen LogP contribution in [0.1, 0.15) is 11.3 Å². The quantitative estimate of drug-likeness (QED) is 0.784. The lowest BCUT2D eigenvalue weighted by atomic mass is 10.2. The summed E-state index contributed by atoms with van der Waals surface area (Å²) in [4.78, 5) is 4.34. The van der Waals surface area contributed by atoms with Crippen LogP contribution in [-0.2, 0) is 0 Å². The van der Waals surface area contributed by atoms with Gasteiger partial charge in [-0.3, -0.25) is 4.98 Å². The molecule has 0 amide bonds. The Labute approximate surface area is 91.8 Å². The van der Waals surface area contributed by atoms with Gasteiger partial charge >= 0.3 is 0 Å². The normalized spacial score (nSPS) is 10.6. The standard InChI is InChI=1S/C10H10FN3S/c1-7-6-14(15-11)13-10(7)9-5-3-4-8(2)12-9/h3-6H,1-2H3. The predicted molar refractivity (Wildman–Crippen MR) is 59.0 cm³/mol. The molecule has 15 heavy (non-hydrogen) atoms. The Morgan fingerprint density at radius 3 is 2.73 bits per heavy atom. The van der Waals surface area contributed by atoms with Gasteiger partial charge in [-0.2, -0.15) is 9.19 Å². The highest BCUT2D eigenvalue weighted by Crippen LogP contribution is 2.21. The lowest BCUT2D eigenvalue weighted by molar-refractivity contribution is 0.878. The van der Waals surface area contributed by atoms with Crippen LogP contribution in [0.5, 0.6) is 0 Å². The van der Waals surface area contributed by atoms with Gasteiger partial charge < -0.3 is 0 Å². The Morgan fingerprint density at radius 1 is 1.33 bits per heavy atom. The number of halogens is 1. The molecule has 0 aromatic carbocycles. The van der Waals surface area contributed by atoms with E-state index in [0.29, 0.717) is 0 Å². The highest BCUT2D eigenvalue weighted by atomic mass is 32.2. The van der Waals surface area contributed by atoms with Gasteiger partial charge in [0, 0.05) is 11.9 Å². The van der Waals surface area contributed by atoms with Crippen molar-refractivity contribution in [3.8, 4) is 11.4 Å². The minimum absolute atomic E-state index is 0.0804. The monoisotopic (exact) mass is 223 g/mol. The van der Waals surface area contributed by atoms with E-state index in [1.165, 1.54) is 4.09 Å². The minimum Gasteiger partial charge on any atom is -0.251 e. The second kappa shape index (κ2) is 4.02. The topological polar surface area (TPSA) is 30.7 Å². The second-order valence-electron chi connectivity index (χ2n) is 3.30. The average Bonchev–Trinajstić information content (AvgIpc) is 2.60. The predicted octanol–water partition coefficient (Wildman–Crippen LogP) is 2.94.